The van der Waals surface area contributed by atoms with Crippen molar-refractivity contribution in [3.8, 4) is 0 Å². The maximum absolute atomic E-state index is 11.7. The van der Waals surface area contributed by atoms with Crippen molar-refractivity contribution in [2.45, 2.75) is 33.1 Å². The molecule has 0 unspecified atom stereocenters. The molecule has 0 aromatic heterocycles. The van der Waals surface area contributed by atoms with Crippen LogP contribution in [0.4, 0.5) is 4.79 Å². The summed E-state index contributed by atoms with van der Waals surface area (Å²) in [6, 6.07) is -0.182. The standard InChI is InChI=1S/C12H22N2O3/c1-9(2)12(5-6-12)8-13-11(17)14(3)7-4-10(15)16/h9H,4-8H2,1-3H3,(H,13,17)(H,15,16). The van der Waals surface area contributed by atoms with Crippen LogP contribution in [0.15, 0.2) is 0 Å². The van der Waals surface area contributed by atoms with Crippen LogP contribution >= 0.6 is 0 Å². The molecule has 98 valence electrons. The van der Waals surface area contributed by atoms with E-state index in [1.54, 1.807) is 7.05 Å². The molecule has 1 aliphatic rings. The summed E-state index contributed by atoms with van der Waals surface area (Å²) in [6.45, 7) is 5.29. The number of urea groups is 1. The van der Waals surface area contributed by atoms with Crippen LogP contribution in [0.2, 0.25) is 0 Å². The zero-order valence-electron chi connectivity index (χ0n) is 10.8. The molecule has 1 saturated carbocycles. The number of carbonyl (C=O) groups is 2. The highest BCUT2D eigenvalue weighted by atomic mass is 16.4. The Hall–Kier alpha value is -1.26. The third-order valence-corrected chi connectivity index (χ3v) is 3.72. The lowest BCUT2D eigenvalue weighted by atomic mass is 9.92. The Kier molecular flexibility index (Phi) is 4.37. The van der Waals surface area contributed by atoms with Crippen LogP contribution in [0.5, 0.6) is 0 Å². The number of nitrogens with zero attached hydrogens (tertiary/aromatic N) is 1. The lowest BCUT2D eigenvalue weighted by Crippen LogP contribution is -2.41. The van der Waals surface area contributed by atoms with Gasteiger partial charge in [-0.3, -0.25) is 4.79 Å². The molecule has 5 heteroatoms. The molecule has 1 rings (SSSR count). The van der Waals surface area contributed by atoms with E-state index in [4.69, 9.17) is 5.11 Å². The van der Waals surface area contributed by atoms with Crippen molar-refractivity contribution in [1.82, 2.24) is 10.2 Å². The van der Waals surface area contributed by atoms with E-state index in [1.165, 1.54) is 17.7 Å². The van der Waals surface area contributed by atoms with E-state index in [2.05, 4.69) is 19.2 Å². The van der Waals surface area contributed by atoms with Gasteiger partial charge in [-0.15, -0.1) is 0 Å². The molecular weight excluding hydrogens is 220 g/mol. The Morgan fingerprint density at radius 1 is 1.41 bits per heavy atom. The molecule has 0 aromatic rings. The topological polar surface area (TPSA) is 69.6 Å². The molecule has 0 aliphatic heterocycles. The van der Waals surface area contributed by atoms with E-state index in [1.807, 2.05) is 0 Å². The molecule has 2 N–H and O–H groups in total. The van der Waals surface area contributed by atoms with Crippen molar-refractivity contribution in [3.05, 3.63) is 0 Å². The fourth-order valence-electron chi connectivity index (χ4n) is 1.87. The van der Waals surface area contributed by atoms with E-state index in [-0.39, 0.29) is 24.4 Å². The average Bonchev–Trinajstić information content (AvgIpc) is 3.03. The average molecular weight is 242 g/mol. The minimum Gasteiger partial charge on any atom is -0.481 e. The van der Waals surface area contributed by atoms with Gasteiger partial charge in [-0.25, -0.2) is 4.79 Å². The Balaban J connectivity index is 2.27. The van der Waals surface area contributed by atoms with E-state index >= 15 is 0 Å². The van der Waals surface area contributed by atoms with Gasteiger partial charge in [0, 0.05) is 20.1 Å². The Labute approximate surface area is 102 Å². The fourth-order valence-corrected chi connectivity index (χ4v) is 1.87. The molecular formula is C12H22N2O3. The SMILES string of the molecule is CC(C)C1(CNC(=O)N(C)CCC(=O)O)CC1. The van der Waals surface area contributed by atoms with Crippen LogP contribution in [-0.2, 0) is 4.79 Å². The predicted octanol–water partition coefficient (Wildman–Crippen LogP) is 1.54. The molecule has 1 fully saturated rings. The maximum atomic E-state index is 11.7. The summed E-state index contributed by atoms with van der Waals surface area (Å²) in [5.41, 5.74) is 0.281. The summed E-state index contributed by atoms with van der Waals surface area (Å²) in [5, 5.41) is 11.4. The van der Waals surface area contributed by atoms with Gasteiger partial charge in [0.25, 0.3) is 0 Å². The summed E-state index contributed by atoms with van der Waals surface area (Å²) in [5.74, 6) is -0.308. The molecule has 0 heterocycles. The van der Waals surface area contributed by atoms with Gasteiger partial charge in [0.2, 0.25) is 0 Å². The molecule has 0 saturated heterocycles. The molecule has 17 heavy (non-hydrogen) atoms. The molecule has 0 spiro atoms. The van der Waals surface area contributed by atoms with E-state index in [9.17, 15) is 9.59 Å². The lowest BCUT2D eigenvalue weighted by molar-refractivity contribution is -0.137. The third-order valence-electron chi connectivity index (χ3n) is 3.72. The number of amides is 2. The quantitative estimate of drug-likeness (QED) is 0.742. The Bertz CT molecular complexity index is 298. The van der Waals surface area contributed by atoms with Crippen LogP contribution < -0.4 is 5.32 Å². The van der Waals surface area contributed by atoms with Gasteiger partial charge in [-0.2, -0.15) is 0 Å². The van der Waals surface area contributed by atoms with E-state index in [0.717, 1.165) is 0 Å². The van der Waals surface area contributed by atoms with E-state index < -0.39 is 5.97 Å². The Morgan fingerprint density at radius 2 is 2.00 bits per heavy atom. The van der Waals surface area contributed by atoms with Crippen LogP contribution in [0.25, 0.3) is 0 Å². The van der Waals surface area contributed by atoms with Crippen LogP contribution in [0.1, 0.15) is 33.1 Å². The zero-order valence-corrected chi connectivity index (χ0v) is 10.8. The first-order chi connectivity index (χ1) is 7.87. The molecule has 2 amide bonds. The molecule has 0 atom stereocenters. The van der Waals surface area contributed by atoms with Gasteiger partial charge in [0.05, 0.1) is 6.42 Å². The number of carbonyl (C=O) groups excluding carboxylic acids is 1. The van der Waals surface area contributed by atoms with Gasteiger partial charge in [-0.05, 0) is 24.2 Å². The van der Waals surface area contributed by atoms with Crippen molar-refractivity contribution in [3.63, 3.8) is 0 Å². The van der Waals surface area contributed by atoms with Crippen LogP contribution in [0.3, 0.4) is 0 Å². The van der Waals surface area contributed by atoms with Crippen molar-refractivity contribution < 1.29 is 14.7 Å². The van der Waals surface area contributed by atoms with Gasteiger partial charge < -0.3 is 15.3 Å². The summed E-state index contributed by atoms with van der Waals surface area (Å²) < 4.78 is 0. The van der Waals surface area contributed by atoms with Gasteiger partial charge in [-0.1, -0.05) is 13.8 Å². The number of hydrogen-bond donors (Lipinski definition) is 2. The summed E-state index contributed by atoms with van der Waals surface area (Å²) in [6.07, 6.45) is 2.33. The first-order valence-electron chi connectivity index (χ1n) is 6.08. The number of hydrogen-bond acceptors (Lipinski definition) is 2. The highest BCUT2D eigenvalue weighted by Gasteiger charge is 2.45. The van der Waals surface area contributed by atoms with Gasteiger partial charge in [0.15, 0.2) is 0 Å². The first kappa shape index (κ1) is 13.8. The van der Waals surface area contributed by atoms with Gasteiger partial charge in [0.1, 0.15) is 0 Å². The smallest absolute Gasteiger partial charge is 0.317 e. The number of nitrogens with one attached hydrogen (secondary N) is 1. The highest BCUT2D eigenvalue weighted by molar-refractivity contribution is 5.75. The summed E-state index contributed by atoms with van der Waals surface area (Å²) >= 11 is 0. The largest absolute Gasteiger partial charge is 0.481 e. The number of aliphatic carboxylic acids is 1. The minimum absolute atomic E-state index is 0.0146. The lowest BCUT2D eigenvalue weighted by Gasteiger charge is -2.23. The zero-order chi connectivity index (χ0) is 13.1. The third kappa shape index (κ3) is 3.91. The van der Waals surface area contributed by atoms with Crippen molar-refractivity contribution >= 4 is 12.0 Å². The predicted molar refractivity (Wildman–Crippen MR) is 64.8 cm³/mol. The fraction of sp³-hybridized carbons (Fsp3) is 0.833. The number of rotatable bonds is 6. The second kappa shape index (κ2) is 5.38. The van der Waals surface area contributed by atoms with Gasteiger partial charge >= 0.3 is 12.0 Å². The second-order valence-electron chi connectivity index (χ2n) is 5.24. The molecule has 0 radical (unpaired) electrons. The van der Waals surface area contributed by atoms with Crippen molar-refractivity contribution in [2.24, 2.45) is 11.3 Å². The number of carboxylic acid groups (broad SMARTS) is 1. The molecule has 0 aromatic carbocycles. The Morgan fingerprint density at radius 3 is 2.41 bits per heavy atom. The van der Waals surface area contributed by atoms with E-state index in [0.29, 0.717) is 12.5 Å². The van der Waals surface area contributed by atoms with Crippen LogP contribution in [-0.4, -0.2) is 42.1 Å². The first-order valence-corrected chi connectivity index (χ1v) is 6.08. The molecule has 0 bridgehead atoms. The highest BCUT2D eigenvalue weighted by Crippen LogP contribution is 2.51. The summed E-state index contributed by atoms with van der Waals surface area (Å²) in [7, 11) is 1.62. The maximum Gasteiger partial charge on any atom is 0.317 e. The summed E-state index contributed by atoms with van der Waals surface area (Å²) in [4.78, 5) is 23.5. The molecule has 5 nitrogen and oxygen atoms in total. The second-order valence-corrected chi connectivity index (χ2v) is 5.24. The monoisotopic (exact) mass is 242 g/mol. The minimum atomic E-state index is -0.884. The normalized spacial score (nSPS) is 16.7. The van der Waals surface area contributed by atoms with Crippen molar-refractivity contribution in [2.75, 3.05) is 20.1 Å². The van der Waals surface area contributed by atoms with Crippen LogP contribution in [0, 0.1) is 11.3 Å². The van der Waals surface area contributed by atoms with Crippen molar-refractivity contribution in [1.29, 1.82) is 0 Å². The number of carboxylic acids is 1. The molecule has 1 aliphatic carbocycles.